The van der Waals surface area contributed by atoms with Gasteiger partial charge in [-0.05, 0) is 36.3 Å². The van der Waals surface area contributed by atoms with E-state index >= 15 is 0 Å². The Kier molecular flexibility index (Phi) is 7.70. The molecule has 3 aromatic rings. The summed E-state index contributed by atoms with van der Waals surface area (Å²) in [5, 5.41) is 6.43. The highest BCUT2D eigenvalue weighted by molar-refractivity contribution is 6.04. The molecule has 0 fully saturated rings. The lowest BCUT2D eigenvalue weighted by Crippen LogP contribution is -2.29. The summed E-state index contributed by atoms with van der Waals surface area (Å²) in [6.07, 6.45) is 2.75. The van der Waals surface area contributed by atoms with Crippen LogP contribution in [0.2, 0.25) is 0 Å². The second kappa shape index (κ2) is 10.9. The Morgan fingerprint density at radius 2 is 1.75 bits per heavy atom. The summed E-state index contributed by atoms with van der Waals surface area (Å²) in [4.78, 5) is 41.0. The number of esters is 1. The molecule has 0 aliphatic rings. The molecule has 2 N–H and O–H groups in total. The lowest BCUT2D eigenvalue weighted by Gasteiger charge is -2.12. The van der Waals surface area contributed by atoms with Gasteiger partial charge in [0.2, 0.25) is 0 Å². The highest BCUT2D eigenvalue weighted by Crippen LogP contribution is 2.15. The van der Waals surface area contributed by atoms with Crippen molar-refractivity contribution in [3.05, 3.63) is 78.0 Å². The number of hydrogen-bond acceptors (Lipinski definition) is 5. The van der Waals surface area contributed by atoms with Gasteiger partial charge in [0.25, 0.3) is 11.8 Å². The number of nitrogens with one attached hydrogen (secondary N) is 2. The Hall–Kier alpha value is -4.00. The van der Waals surface area contributed by atoms with E-state index in [2.05, 4.69) is 15.6 Å². The molecule has 0 atom stereocenters. The van der Waals surface area contributed by atoms with Crippen molar-refractivity contribution in [3.8, 4) is 0 Å². The summed E-state index contributed by atoms with van der Waals surface area (Å²) in [6, 6.07) is 18.0. The summed E-state index contributed by atoms with van der Waals surface area (Å²) < 4.78 is 5.00. The van der Waals surface area contributed by atoms with Crippen LogP contribution in [0.1, 0.15) is 29.9 Å². The number of amides is 2. The van der Waals surface area contributed by atoms with Crippen LogP contribution >= 0.6 is 0 Å². The van der Waals surface area contributed by atoms with Crippen LogP contribution in [0.5, 0.6) is 0 Å². The lowest BCUT2D eigenvalue weighted by atomic mass is 10.1. The molecular formula is C25H25N3O4. The van der Waals surface area contributed by atoms with E-state index in [-0.39, 0.29) is 5.91 Å². The standard InChI is InChI=1S/C25H25N3O4/c1-17(2)15-26-25(31)20-8-4-6-10-22(20)28-23(29)16-32-24(30)14-13-19-12-11-18-7-3-5-9-21(18)27-19/h3-14,17H,15-16H2,1-2H3,(H,26,31)(H,28,29)/b14-13+. The molecule has 7 nitrogen and oxygen atoms in total. The molecule has 0 spiro atoms. The van der Waals surface area contributed by atoms with Gasteiger partial charge in [-0.15, -0.1) is 0 Å². The Bertz CT molecular complexity index is 1150. The molecule has 7 heteroatoms. The van der Waals surface area contributed by atoms with Gasteiger partial charge in [0.05, 0.1) is 22.5 Å². The minimum atomic E-state index is -0.668. The summed E-state index contributed by atoms with van der Waals surface area (Å²) in [6.45, 7) is 4.03. The molecular weight excluding hydrogens is 406 g/mol. The maximum absolute atomic E-state index is 12.4. The molecule has 164 valence electrons. The van der Waals surface area contributed by atoms with Gasteiger partial charge in [-0.2, -0.15) is 0 Å². The number of carbonyl (C=O) groups is 3. The van der Waals surface area contributed by atoms with Crippen molar-refractivity contribution in [1.82, 2.24) is 10.3 Å². The molecule has 0 aliphatic heterocycles. The first-order chi connectivity index (χ1) is 15.4. The monoisotopic (exact) mass is 431 g/mol. The first-order valence-electron chi connectivity index (χ1n) is 10.3. The number of rotatable bonds is 8. The number of benzene rings is 2. The third-order valence-electron chi connectivity index (χ3n) is 4.47. The third-order valence-corrected chi connectivity index (χ3v) is 4.47. The predicted octanol–water partition coefficient (Wildman–Crippen LogP) is 3.82. The van der Waals surface area contributed by atoms with E-state index < -0.39 is 18.5 Å². The Labute approximate surface area is 186 Å². The molecule has 1 heterocycles. The smallest absolute Gasteiger partial charge is 0.331 e. The SMILES string of the molecule is CC(C)CNC(=O)c1ccccc1NC(=O)COC(=O)/C=C/c1ccc2ccccc2n1. The van der Waals surface area contributed by atoms with Crippen molar-refractivity contribution in [1.29, 1.82) is 0 Å². The molecule has 0 aliphatic carbocycles. The predicted molar refractivity (Wildman–Crippen MR) is 124 cm³/mol. The van der Waals surface area contributed by atoms with Crippen LogP contribution in [0.25, 0.3) is 17.0 Å². The highest BCUT2D eigenvalue weighted by Gasteiger charge is 2.14. The number of anilines is 1. The molecule has 0 radical (unpaired) electrons. The molecule has 3 rings (SSSR count). The zero-order valence-electron chi connectivity index (χ0n) is 18.0. The van der Waals surface area contributed by atoms with Crippen molar-refractivity contribution < 1.29 is 19.1 Å². The van der Waals surface area contributed by atoms with Crippen LogP contribution in [0.15, 0.2) is 66.7 Å². The van der Waals surface area contributed by atoms with E-state index in [0.29, 0.717) is 29.4 Å². The molecule has 2 amide bonds. The fraction of sp³-hybridized carbons (Fsp3) is 0.200. The Morgan fingerprint density at radius 1 is 1.00 bits per heavy atom. The van der Waals surface area contributed by atoms with Crippen molar-refractivity contribution in [2.24, 2.45) is 5.92 Å². The minimum Gasteiger partial charge on any atom is -0.452 e. The van der Waals surface area contributed by atoms with Crippen molar-refractivity contribution in [3.63, 3.8) is 0 Å². The molecule has 0 saturated heterocycles. The molecule has 32 heavy (non-hydrogen) atoms. The van der Waals surface area contributed by atoms with Gasteiger partial charge in [0.1, 0.15) is 0 Å². The Balaban J connectivity index is 1.53. The number of ether oxygens (including phenoxy) is 1. The van der Waals surface area contributed by atoms with Crippen LogP contribution in [-0.4, -0.2) is 35.9 Å². The molecule has 1 aromatic heterocycles. The van der Waals surface area contributed by atoms with Gasteiger partial charge in [0, 0.05) is 18.0 Å². The number of nitrogens with zero attached hydrogens (tertiary/aromatic N) is 1. The van der Waals surface area contributed by atoms with E-state index in [0.717, 1.165) is 10.9 Å². The summed E-state index contributed by atoms with van der Waals surface area (Å²) in [5.41, 5.74) is 2.12. The number of hydrogen-bond donors (Lipinski definition) is 2. The second-order valence-electron chi connectivity index (χ2n) is 7.57. The highest BCUT2D eigenvalue weighted by atomic mass is 16.5. The largest absolute Gasteiger partial charge is 0.452 e. The number of carbonyl (C=O) groups excluding carboxylic acids is 3. The van der Waals surface area contributed by atoms with Crippen molar-refractivity contribution >= 4 is 40.4 Å². The number of para-hydroxylation sites is 2. The van der Waals surface area contributed by atoms with Gasteiger partial charge < -0.3 is 15.4 Å². The number of fused-ring (bicyclic) bond motifs is 1. The molecule has 2 aromatic carbocycles. The fourth-order valence-corrected chi connectivity index (χ4v) is 2.88. The van der Waals surface area contributed by atoms with E-state index in [1.54, 1.807) is 30.3 Å². The first-order valence-corrected chi connectivity index (χ1v) is 10.3. The first kappa shape index (κ1) is 22.7. The summed E-state index contributed by atoms with van der Waals surface area (Å²) >= 11 is 0. The summed E-state index contributed by atoms with van der Waals surface area (Å²) in [5.74, 6) is -1.19. The van der Waals surface area contributed by atoms with Gasteiger partial charge in [-0.25, -0.2) is 9.78 Å². The number of pyridine rings is 1. The van der Waals surface area contributed by atoms with Crippen LogP contribution in [0.3, 0.4) is 0 Å². The minimum absolute atomic E-state index is 0.280. The van der Waals surface area contributed by atoms with Crippen molar-refractivity contribution in [2.45, 2.75) is 13.8 Å². The number of aromatic nitrogens is 1. The van der Waals surface area contributed by atoms with Crippen LogP contribution in [0.4, 0.5) is 5.69 Å². The van der Waals surface area contributed by atoms with Crippen LogP contribution in [0, 0.1) is 5.92 Å². The normalized spacial score (nSPS) is 11.0. The van der Waals surface area contributed by atoms with Gasteiger partial charge in [-0.1, -0.05) is 50.2 Å². The average molecular weight is 431 g/mol. The molecule has 0 saturated carbocycles. The average Bonchev–Trinajstić information content (AvgIpc) is 2.80. The van der Waals surface area contributed by atoms with Gasteiger partial charge in [-0.3, -0.25) is 9.59 Å². The third kappa shape index (κ3) is 6.50. The topological polar surface area (TPSA) is 97.4 Å². The van der Waals surface area contributed by atoms with Gasteiger partial charge >= 0.3 is 5.97 Å². The quantitative estimate of drug-likeness (QED) is 0.417. The Morgan fingerprint density at radius 3 is 2.56 bits per heavy atom. The molecule has 0 bridgehead atoms. The van der Waals surface area contributed by atoms with Crippen LogP contribution in [-0.2, 0) is 14.3 Å². The van der Waals surface area contributed by atoms with Gasteiger partial charge in [0.15, 0.2) is 6.61 Å². The van der Waals surface area contributed by atoms with Crippen LogP contribution < -0.4 is 10.6 Å². The van der Waals surface area contributed by atoms with E-state index in [1.165, 1.54) is 12.2 Å². The maximum atomic E-state index is 12.4. The van der Waals surface area contributed by atoms with E-state index in [4.69, 9.17) is 4.74 Å². The summed E-state index contributed by atoms with van der Waals surface area (Å²) in [7, 11) is 0. The second-order valence-corrected chi connectivity index (χ2v) is 7.57. The fourth-order valence-electron chi connectivity index (χ4n) is 2.88. The zero-order valence-corrected chi connectivity index (χ0v) is 18.0. The van der Waals surface area contributed by atoms with Crippen molar-refractivity contribution in [2.75, 3.05) is 18.5 Å². The zero-order chi connectivity index (χ0) is 22.9. The lowest BCUT2D eigenvalue weighted by molar-refractivity contribution is -0.142. The molecule has 0 unspecified atom stereocenters. The van der Waals surface area contributed by atoms with E-state index in [1.807, 2.05) is 44.2 Å². The maximum Gasteiger partial charge on any atom is 0.331 e. The van der Waals surface area contributed by atoms with E-state index in [9.17, 15) is 14.4 Å².